The summed E-state index contributed by atoms with van der Waals surface area (Å²) in [6.07, 6.45) is 0. The van der Waals surface area contributed by atoms with Gasteiger partial charge in [-0.15, -0.1) is 0 Å². The third-order valence-electron chi connectivity index (χ3n) is 3.10. The maximum absolute atomic E-state index is 6.14. The number of hydrogen-bond acceptors (Lipinski definition) is 5. The van der Waals surface area contributed by atoms with Crippen LogP contribution in [0, 0.1) is 20.8 Å². The van der Waals surface area contributed by atoms with Crippen LogP contribution in [0.3, 0.4) is 0 Å². The smallest absolute Gasteiger partial charge is 0.213 e. The van der Waals surface area contributed by atoms with Crippen LogP contribution in [0.4, 0.5) is 5.82 Å². The summed E-state index contributed by atoms with van der Waals surface area (Å²) in [5, 5.41) is 3.69. The molecule has 6 heteroatoms. The average molecular weight is 295 g/mol. The van der Waals surface area contributed by atoms with Gasteiger partial charge < -0.3 is 9.73 Å². The summed E-state index contributed by atoms with van der Waals surface area (Å²) in [6.45, 7) is 10.2. The van der Waals surface area contributed by atoms with Crippen molar-refractivity contribution >= 4 is 17.4 Å². The molecule has 0 unspecified atom stereocenters. The van der Waals surface area contributed by atoms with Gasteiger partial charge in [0, 0.05) is 11.5 Å². The van der Waals surface area contributed by atoms with Crippen LogP contribution in [0.15, 0.2) is 4.42 Å². The summed E-state index contributed by atoms with van der Waals surface area (Å²) in [6, 6.07) is 0. The summed E-state index contributed by atoms with van der Waals surface area (Å²) in [5.41, 5.74) is 1.73. The Labute approximate surface area is 123 Å². The molecule has 0 aliphatic heterocycles. The fourth-order valence-electron chi connectivity index (χ4n) is 1.71. The van der Waals surface area contributed by atoms with Crippen molar-refractivity contribution in [2.45, 2.75) is 47.1 Å². The van der Waals surface area contributed by atoms with Gasteiger partial charge in [0.25, 0.3) is 0 Å². The molecular weight excluding hydrogens is 276 g/mol. The second-order valence-corrected chi connectivity index (χ2v) is 5.46. The molecule has 2 aromatic rings. The van der Waals surface area contributed by atoms with Gasteiger partial charge in [0.15, 0.2) is 0 Å². The van der Waals surface area contributed by atoms with Crippen molar-refractivity contribution in [3.05, 3.63) is 33.9 Å². The number of rotatable bonds is 4. The molecule has 0 aliphatic carbocycles. The van der Waals surface area contributed by atoms with Crippen molar-refractivity contribution in [3.63, 3.8) is 0 Å². The van der Waals surface area contributed by atoms with Crippen molar-refractivity contribution in [1.82, 2.24) is 15.0 Å². The lowest BCUT2D eigenvalue weighted by molar-refractivity contribution is 0.478. The minimum absolute atomic E-state index is 0.222. The Hall–Kier alpha value is -1.62. The number of nitrogens with zero attached hydrogens (tertiary/aromatic N) is 3. The Bertz CT molecular complexity index is 602. The van der Waals surface area contributed by atoms with Gasteiger partial charge in [-0.25, -0.2) is 15.0 Å². The van der Waals surface area contributed by atoms with Crippen molar-refractivity contribution in [3.8, 4) is 0 Å². The summed E-state index contributed by atoms with van der Waals surface area (Å²) >= 11 is 6.14. The molecule has 1 N–H and O–H groups in total. The van der Waals surface area contributed by atoms with Crippen LogP contribution in [0.25, 0.3) is 0 Å². The van der Waals surface area contributed by atoms with Crippen LogP contribution in [-0.2, 0) is 6.54 Å². The van der Waals surface area contributed by atoms with Gasteiger partial charge in [-0.05, 0) is 20.8 Å². The van der Waals surface area contributed by atoms with Crippen molar-refractivity contribution in [1.29, 1.82) is 0 Å². The van der Waals surface area contributed by atoms with E-state index in [2.05, 4.69) is 20.3 Å². The van der Waals surface area contributed by atoms with E-state index in [1.54, 1.807) is 0 Å². The first kappa shape index (κ1) is 14.8. The highest BCUT2D eigenvalue weighted by molar-refractivity contribution is 6.30. The SMILES string of the molecule is Cc1nc(CNc2nc(C(C)C)nc(Cl)c2C)oc1C. The number of hydrogen-bond donors (Lipinski definition) is 1. The van der Waals surface area contributed by atoms with Crippen LogP contribution >= 0.6 is 11.6 Å². The highest BCUT2D eigenvalue weighted by atomic mass is 35.5. The lowest BCUT2D eigenvalue weighted by Gasteiger charge is -2.11. The van der Waals surface area contributed by atoms with E-state index in [1.165, 1.54) is 0 Å². The van der Waals surface area contributed by atoms with Gasteiger partial charge in [0.1, 0.15) is 22.6 Å². The molecule has 0 amide bonds. The summed E-state index contributed by atoms with van der Waals surface area (Å²) in [5.74, 6) is 3.15. The second-order valence-electron chi connectivity index (χ2n) is 5.10. The van der Waals surface area contributed by atoms with Crippen LogP contribution in [0.1, 0.15) is 48.5 Å². The molecule has 5 nitrogen and oxygen atoms in total. The molecular formula is C14H19ClN4O. The Kier molecular flexibility index (Phi) is 4.28. The van der Waals surface area contributed by atoms with E-state index in [0.717, 1.165) is 28.7 Å². The minimum atomic E-state index is 0.222. The third-order valence-corrected chi connectivity index (χ3v) is 3.47. The van der Waals surface area contributed by atoms with Gasteiger partial charge in [-0.2, -0.15) is 0 Å². The maximum atomic E-state index is 6.14. The molecule has 2 rings (SSSR count). The highest BCUT2D eigenvalue weighted by Crippen LogP contribution is 2.23. The van der Waals surface area contributed by atoms with Crippen molar-refractivity contribution in [2.24, 2.45) is 0 Å². The number of aryl methyl sites for hydroxylation is 2. The lowest BCUT2D eigenvalue weighted by Crippen LogP contribution is -2.08. The quantitative estimate of drug-likeness (QED) is 0.869. The molecule has 0 fully saturated rings. The number of oxazole rings is 1. The van der Waals surface area contributed by atoms with Crippen LogP contribution in [-0.4, -0.2) is 15.0 Å². The molecule has 0 aliphatic rings. The molecule has 2 aromatic heterocycles. The van der Waals surface area contributed by atoms with Crippen LogP contribution in [0.5, 0.6) is 0 Å². The molecule has 108 valence electrons. The fourth-order valence-corrected chi connectivity index (χ4v) is 1.89. The number of aromatic nitrogens is 3. The van der Waals surface area contributed by atoms with E-state index in [4.69, 9.17) is 16.0 Å². The maximum Gasteiger partial charge on any atom is 0.213 e. The molecule has 0 saturated heterocycles. The second kappa shape index (κ2) is 5.79. The first-order chi connectivity index (χ1) is 9.38. The molecule has 0 aromatic carbocycles. The molecule has 0 radical (unpaired) electrons. The van der Waals surface area contributed by atoms with E-state index >= 15 is 0 Å². The molecule has 2 heterocycles. The highest BCUT2D eigenvalue weighted by Gasteiger charge is 2.13. The van der Waals surface area contributed by atoms with E-state index in [0.29, 0.717) is 17.6 Å². The number of anilines is 1. The minimum Gasteiger partial charge on any atom is -0.444 e. The van der Waals surface area contributed by atoms with Crippen molar-refractivity contribution < 1.29 is 4.42 Å². The van der Waals surface area contributed by atoms with E-state index in [-0.39, 0.29) is 5.92 Å². The fraction of sp³-hybridized carbons (Fsp3) is 0.500. The zero-order valence-corrected chi connectivity index (χ0v) is 13.2. The van der Waals surface area contributed by atoms with Gasteiger partial charge in [-0.3, -0.25) is 0 Å². The largest absolute Gasteiger partial charge is 0.444 e. The van der Waals surface area contributed by atoms with Crippen LogP contribution in [0.2, 0.25) is 5.15 Å². The average Bonchev–Trinajstić information content (AvgIpc) is 2.70. The molecule has 0 atom stereocenters. The van der Waals surface area contributed by atoms with E-state index in [9.17, 15) is 0 Å². The molecule has 20 heavy (non-hydrogen) atoms. The normalized spacial score (nSPS) is 11.2. The zero-order chi connectivity index (χ0) is 14.9. The first-order valence-corrected chi connectivity index (χ1v) is 6.97. The standard InChI is InChI=1S/C14H19ClN4O/c1-7(2)13-18-12(15)8(3)14(19-13)16-6-11-17-9(4)10(5)20-11/h7H,6H2,1-5H3,(H,16,18,19). The zero-order valence-electron chi connectivity index (χ0n) is 12.4. The van der Waals surface area contributed by atoms with Gasteiger partial charge >= 0.3 is 0 Å². The molecule has 0 saturated carbocycles. The van der Waals surface area contributed by atoms with E-state index < -0.39 is 0 Å². The number of nitrogens with one attached hydrogen (secondary N) is 1. The molecule has 0 spiro atoms. The molecule has 0 bridgehead atoms. The summed E-state index contributed by atoms with van der Waals surface area (Å²) in [7, 11) is 0. The topological polar surface area (TPSA) is 63.8 Å². The Morgan fingerprint density at radius 3 is 2.40 bits per heavy atom. The Morgan fingerprint density at radius 2 is 1.85 bits per heavy atom. The summed E-state index contributed by atoms with van der Waals surface area (Å²) in [4.78, 5) is 13.1. The number of halogens is 1. The Morgan fingerprint density at radius 1 is 1.15 bits per heavy atom. The summed E-state index contributed by atoms with van der Waals surface area (Å²) < 4.78 is 5.53. The van der Waals surface area contributed by atoms with Crippen molar-refractivity contribution in [2.75, 3.05) is 5.32 Å². The monoisotopic (exact) mass is 294 g/mol. The predicted molar refractivity (Wildman–Crippen MR) is 79.2 cm³/mol. The lowest BCUT2D eigenvalue weighted by atomic mass is 10.2. The van der Waals surface area contributed by atoms with E-state index in [1.807, 2.05) is 34.6 Å². The third kappa shape index (κ3) is 3.10. The van der Waals surface area contributed by atoms with Gasteiger partial charge in [0.05, 0.1) is 12.2 Å². The van der Waals surface area contributed by atoms with Crippen LogP contribution < -0.4 is 5.32 Å². The first-order valence-electron chi connectivity index (χ1n) is 6.59. The predicted octanol–water partition coefficient (Wildman–Crippen LogP) is 3.78. The van der Waals surface area contributed by atoms with Gasteiger partial charge in [-0.1, -0.05) is 25.4 Å². The van der Waals surface area contributed by atoms with Gasteiger partial charge in [0.2, 0.25) is 5.89 Å². The Balaban J connectivity index is 2.20.